The van der Waals surface area contributed by atoms with E-state index >= 15 is 0 Å². The van der Waals surface area contributed by atoms with Gasteiger partial charge in [0.1, 0.15) is 12.4 Å². The van der Waals surface area contributed by atoms with E-state index in [0.29, 0.717) is 6.61 Å². The molecule has 1 saturated heterocycles. The van der Waals surface area contributed by atoms with Crippen LogP contribution in [0.3, 0.4) is 0 Å². The van der Waals surface area contributed by atoms with Crippen LogP contribution >= 0.6 is 0 Å². The van der Waals surface area contributed by atoms with E-state index in [1.165, 1.54) is 11.1 Å². The Morgan fingerprint density at radius 3 is 2.00 bits per heavy atom. The van der Waals surface area contributed by atoms with Crippen LogP contribution in [-0.2, 0) is 13.2 Å². The number of ether oxygens (including phenoxy) is 1. The van der Waals surface area contributed by atoms with Crippen LogP contribution in [0.1, 0.15) is 16.7 Å². The normalized spacial score (nSPS) is 15.0. The van der Waals surface area contributed by atoms with Crippen molar-refractivity contribution in [2.75, 3.05) is 26.2 Å². The first kappa shape index (κ1) is 19.2. The molecule has 1 heterocycles. The fourth-order valence-electron chi connectivity index (χ4n) is 3.39. The van der Waals surface area contributed by atoms with E-state index in [-0.39, 0.29) is 0 Å². The number of hydrazone groups is 1. The maximum Gasteiger partial charge on any atom is 0.119 e. The summed E-state index contributed by atoms with van der Waals surface area (Å²) in [6, 6.07) is 29.0. The third-order valence-corrected chi connectivity index (χ3v) is 5.10. The van der Waals surface area contributed by atoms with Gasteiger partial charge in [-0.2, -0.15) is 5.10 Å². The molecule has 0 unspecified atom stereocenters. The van der Waals surface area contributed by atoms with Crippen LogP contribution in [0.15, 0.2) is 90.0 Å². The van der Waals surface area contributed by atoms with Gasteiger partial charge < -0.3 is 4.74 Å². The number of rotatable bonds is 7. The van der Waals surface area contributed by atoms with E-state index in [2.05, 4.69) is 69.6 Å². The van der Waals surface area contributed by atoms with Gasteiger partial charge in [0.25, 0.3) is 0 Å². The maximum absolute atomic E-state index is 5.84. The summed E-state index contributed by atoms with van der Waals surface area (Å²) in [6.07, 6.45) is 1.94. The molecule has 0 atom stereocenters. The fraction of sp³-hybridized carbons (Fsp3) is 0.240. The van der Waals surface area contributed by atoms with Gasteiger partial charge in [-0.25, -0.2) is 0 Å². The standard InChI is InChI=1S/C25H27N3O/c1-3-7-23(8-4-1)20-27-15-17-28(18-16-27)26-19-22-11-13-25(14-12-22)29-21-24-9-5-2-6-10-24/h1-14,19H,15-18,20-21H2/b26-19-. The van der Waals surface area contributed by atoms with Gasteiger partial charge in [-0.15, -0.1) is 0 Å². The van der Waals surface area contributed by atoms with Crippen molar-refractivity contribution in [3.05, 3.63) is 102 Å². The van der Waals surface area contributed by atoms with E-state index in [4.69, 9.17) is 4.74 Å². The van der Waals surface area contributed by atoms with Crippen molar-refractivity contribution in [2.24, 2.45) is 5.10 Å². The summed E-state index contributed by atoms with van der Waals surface area (Å²) in [5.41, 5.74) is 3.63. The second kappa shape index (κ2) is 9.89. The lowest BCUT2D eigenvalue weighted by molar-refractivity contribution is 0.131. The molecular weight excluding hydrogens is 358 g/mol. The minimum atomic E-state index is 0.585. The van der Waals surface area contributed by atoms with Crippen LogP contribution in [0.4, 0.5) is 0 Å². The summed E-state index contributed by atoms with van der Waals surface area (Å²) < 4.78 is 5.84. The summed E-state index contributed by atoms with van der Waals surface area (Å²) in [6.45, 7) is 5.60. The molecule has 3 aromatic rings. The first-order chi connectivity index (χ1) is 14.3. The van der Waals surface area contributed by atoms with Crippen molar-refractivity contribution >= 4 is 6.21 Å². The average molecular weight is 386 g/mol. The van der Waals surface area contributed by atoms with Gasteiger partial charge in [-0.05, 0) is 41.0 Å². The Bertz CT molecular complexity index is 886. The Hall–Kier alpha value is -3.11. The molecule has 4 nitrogen and oxygen atoms in total. The van der Waals surface area contributed by atoms with Gasteiger partial charge in [0, 0.05) is 32.7 Å². The second-order valence-electron chi connectivity index (χ2n) is 7.30. The molecule has 0 aromatic heterocycles. The van der Waals surface area contributed by atoms with E-state index in [0.717, 1.165) is 44.0 Å². The van der Waals surface area contributed by atoms with Crippen molar-refractivity contribution in [1.29, 1.82) is 0 Å². The molecular formula is C25H27N3O. The molecule has 0 spiro atoms. The lowest BCUT2D eigenvalue weighted by atomic mass is 10.2. The zero-order valence-electron chi connectivity index (χ0n) is 16.7. The first-order valence-electron chi connectivity index (χ1n) is 10.2. The molecule has 0 N–H and O–H groups in total. The quantitative estimate of drug-likeness (QED) is 0.564. The highest BCUT2D eigenvalue weighted by atomic mass is 16.5. The van der Waals surface area contributed by atoms with Crippen molar-refractivity contribution in [2.45, 2.75) is 13.2 Å². The molecule has 1 aliphatic heterocycles. The van der Waals surface area contributed by atoms with E-state index in [9.17, 15) is 0 Å². The fourth-order valence-corrected chi connectivity index (χ4v) is 3.39. The maximum atomic E-state index is 5.84. The van der Waals surface area contributed by atoms with E-state index in [1.54, 1.807) is 0 Å². The Morgan fingerprint density at radius 1 is 0.724 bits per heavy atom. The molecule has 4 heteroatoms. The van der Waals surface area contributed by atoms with Gasteiger partial charge >= 0.3 is 0 Å². The van der Waals surface area contributed by atoms with Gasteiger partial charge in [-0.1, -0.05) is 60.7 Å². The lowest BCUT2D eigenvalue weighted by Crippen LogP contribution is -2.43. The molecule has 0 saturated carbocycles. The summed E-state index contributed by atoms with van der Waals surface area (Å²) >= 11 is 0. The van der Waals surface area contributed by atoms with Crippen molar-refractivity contribution in [3.8, 4) is 5.75 Å². The summed E-state index contributed by atoms with van der Waals surface area (Å²) in [5, 5.41) is 6.81. The Kier molecular flexibility index (Phi) is 6.56. The minimum absolute atomic E-state index is 0.585. The van der Waals surface area contributed by atoms with E-state index < -0.39 is 0 Å². The van der Waals surface area contributed by atoms with Crippen LogP contribution in [0, 0.1) is 0 Å². The average Bonchev–Trinajstić information content (AvgIpc) is 2.79. The van der Waals surface area contributed by atoms with Gasteiger partial charge in [0.05, 0.1) is 6.21 Å². The van der Waals surface area contributed by atoms with Crippen molar-refractivity contribution in [1.82, 2.24) is 9.91 Å². The van der Waals surface area contributed by atoms with Crippen LogP contribution in [0.5, 0.6) is 5.75 Å². The predicted molar refractivity (Wildman–Crippen MR) is 118 cm³/mol. The minimum Gasteiger partial charge on any atom is -0.489 e. The highest BCUT2D eigenvalue weighted by molar-refractivity contribution is 5.79. The van der Waals surface area contributed by atoms with E-state index in [1.807, 2.05) is 36.5 Å². The number of hydrogen-bond donors (Lipinski definition) is 0. The lowest BCUT2D eigenvalue weighted by Gasteiger charge is -2.33. The van der Waals surface area contributed by atoms with Gasteiger partial charge in [-0.3, -0.25) is 9.91 Å². The molecule has 4 rings (SSSR count). The molecule has 1 fully saturated rings. The van der Waals surface area contributed by atoms with Crippen LogP contribution in [-0.4, -0.2) is 42.3 Å². The molecule has 0 aliphatic carbocycles. The predicted octanol–water partition coefficient (Wildman–Crippen LogP) is 4.42. The number of hydrogen-bond acceptors (Lipinski definition) is 4. The molecule has 1 aliphatic rings. The van der Waals surface area contributed by atoms with Crippen molar-refractivity contribution < 1.29 is 4.74 Å². The largest absolute Gasteiger partial charge is 0.489 e. The summed E-state index contributed by atoms with van der Waals surface area (Å²) in [4.78, 5) is 2.49. The topological polar surface area (TPSA) is 28.1 Å². The zero-order chi connectivity index (χ0) is 19.7. The van der Waals surface area contributed by atoms with Crippen molar-refractivity contribution in [3.63, 3.8) is 0 Å². The number of piperazine rings is 1. The molecule has 148 valence electrons. The molecule has 0 radical (unpaired) electrons. The molecule has 0 amide bonds. The highest BCUT2D eigenvalue weighted by Crippen LogP contribution is 2.14. The number of benzene rings is 3. The SMILES string of the molecule is C(=N/N1CCN(Cc2ccccc2)CC1)/c1ccc(OCc2ccccc2)cc1. The second-order valence-corrected chi connectivity index (χ2v) is 7.30. The first-order valence-corrected chi connectivity index (χ1v) is 10.2. The molecule has 3 aromatic carbocycles. The van der Waals surface area contributed by atoms with Gasteiger partial charge in [0.15, 0.2) is 0 Å². The third kappa shape index (κ3) is 5.93. The molecule has 0 bridgehead atoms. The monoisotopic (exact) mass is 385 g/mol. The van der Waals surface area contributed by atoms with Crippen LogP contribution in [0.2, 0.25) is 0 Å². The van der Waals surface area contributed by atoms with Crippen LogP contribution in [0.25, 0.3) is 0 Å². The third-order valence-electron chi connectivity index (χ3n) is 5.10. The Morgan fingerprint density at radius 2 is 1.34 bits per heavy atom. The Balaban J connectivity index is 1.22. The zero-order valence-corrected chi connectivity index (χ0v) is 16.7. The number of nitrogens with zero attached hydrogens (tertiary/aromatic N) is 3. The summed E-state index contributed by atoms with van der Waals surface area (Å²) in [5.74, 6) is 0.875. The summed E-state index contributed by atoms with van der Waals surface area (Å²) in [7, 11) is 0. The Labute approximate surface area is 173 Å². The highest BCUT2D eigenvalue weighted by Gasteiger charge is 2.15. The van der Waals surface area contributed by atoms with Crippen LogP contribution < -0.4 is 4.74 Å². The van der Waals surface area contributed by atoms with Gasteiger partial charge in [0.2, 0.25) is 0 Å². The smallest absolute Gasteiger partial charge is 0.119 e. The molecule has 29 heavy (non-hydrogen) atoms.